The molecule has 1 N–H and O–H groups in total. The SMILES string of the molecule is COc1cccc(C(O)c2cccc(OC3CC3)c2)n1. The molecule has 1 unspecified atom stereocenters. The van der Waals surface area contributed by atoms with Crippen molar-refractivity contribution in [3.8, 4) is 11.6 Å². The highest BCUT2D eigenvalue weighted by atomic mass is 16.5. The second kappa shape index (κ2) is 5.51. The number of hydrogen-bond acceptors (Lipinski definition) is 4. The Balaban J connectivity index is 1.82. The molecule has 104 valence electrons. The summed E-state index contributed by atoms with van der Waals surface area (Å²) < 4.78 is 10.8. The molecule has 4 heteroatoms. The number of aromatic nitrogens is 1. The fraction of sp³-hybridized carbons (Fsp3) is 0.312. The van der Waals surface area contributed by atoms with Gasteiger partial charge in [0.1, 0.15) is 11.9 Å². The van der Waals surface area contributed by atoms with Crippen molar-refractivity contribution in [3.63, 3.8) is 0 Å². The lowest BCUT2D eigenvalue weighted by molar-refractivity contribution is 0.212. The van der Waals surface area contributed by atoms with E-state index in [4.69, 9.17) is 9.47 Å². The highest BCUT2D eigenvalue weighted by Gasteiger charge is 2.23. The second-order valence-electron chi connectivity index (χ2n) is 4.90. The van der Waals surface area contributed by atoms with Crippen LogP contribution in [0.2, 0.25) is 0 Å². The van der Waals surface area contributed by atoms with E-state index in [1.807, 2.05) is 30.3 Å². The van der Waals surface area contributed by atoms with Crippen molar-refractivity contribution < 1.29 is 14.6 Å². The van der Waals surface area contributed by atoms with Gasteiger partial charge in [-0.2, -0.15) is 0 Å². The van der Waals surface area contributed by atoms with Crippen LogP contribution in [0, 0.1) is 0 Å². The van der Waals surface area contributed by atoms with Crippen LogP contribution in [0.25, 0.3) is 0 Å². The predicted molar refractivity (Wildman–Crippen MR) is 74.9 cm³/mol. The van der Waals surface area contributed by atoms with Gasteiger partial charge in [0.25, 0.3) is 0 Å². The fourth-order valence-electron chi connectivity index (χ4n) is 2.00. The van der Waals surface area contributed by atoms with Gasteiger partial charge in [-0.3, -0.25) is 0 Å². The quantitative estimate of drug-likeness (QED) is 0.908. The van der Waals surface area contributed by atoms with E-state index >= 15 is 0 Å². The van der Waals surface area contributed by atoms with Crippen molar-refractivity contribution in [2.45, 2.75) is 25.0 Å². The van der Waals surface area contributed by atoms with Crippen LogP contribution in [0.1, 0.15) is 30.2 Å². The molecule has 20 heavy (non-hydrogen) atoms. The van der Waals surface area contributed by atoms with Crippen molar-refractivity contribution in [3.05, 3.63) is 53.7 Å². The van der Waals surface area contributed by atoms with E-state index in [1.165, 1.54) is 0 Å². The zero-order valence-corrected chi connectivity index (χ0v) is 11.3. The molecular weight excluding hydrogens is 254 g/mol. The number of aliphatic hydroxyl groups is 1. The minimum Gasteiger partial charge on any atom is -0.490 e. The van der Waals surface area contributed by atoms with Crippen LogP contribution < -0.4 is 9.47 Å². The summed E-state index contributed by atoms with van der Waals surface area (Å²) in [6.45, 7) is 0. The predicted octanol–water partition coefficient (Wildman–Crippen LogP) is 2.71. The Morgan fingerprint density at radius 3 is 2.75 bits per heavy atom. The van der Waals surface area contributed by atoms with E-state index in [-0.39, 0.29) is 0 Å². The highest BCUT2D eigenvalue weighted by molar-refractivity contribution is 5.34. The zero-order valence-electron chi connectivity index (χ0n) is 11.3. The molecule has 1 heterocycles. The van der Waals surface area contributed by atoms with Crippen LogP contribution in [0.3, 0.4) is 0 Å². The molecular formula is C16H17NO3. The maximum absolute atomic E-state index is 10.4. The first-order chi connectivity index (χ1) is 9.76. The lowest BCUT2D eigenvalue weighted by Crippen LogP contribution is -2.04. The van der Waals surface area contributed by atoms with Gasteiger partial charge in [0.15, 0.2) is 0 Å². The Morgan fingerprint density at radius 1 is 1.20 bits per heavy atom. The van der Waals surface area contributed by atoms with Crippen LogP contribution in [0.4, 0.5) is 0 Å². The molecule has 3 rings (SSSR count). The summed E-state index contributed by atoms with van der Waals surface area (Å²) in [5, 5.41) is 10.4. The molecule has 1 aliphatic carbocycles. The van der Waals surface area contributed by atoms with E-state index < -0.39 is 6.10 Å². The summed E-state index contributed by atoms with van der Waals surface area (Å²) in [4.78, 5) is 4.26. The number of aliphatic hydroxyl groups excluding tert-OH is 1. The van der Waals surface area contributed by atoms with E-state index in [1.54, 1.807) is 19.2 Å². The van der Waals surface area contributed by atoms with Crippen LogP contribution >= 0.6 is 0 Å². The highest BCUT2D eigenvalue weighted by Crippen LogP contribution is 2.29. The Labute approximate surface area is 118 Å². The molecule has 1 aliphatic rings. The second-order valence-corrected chi connectivity index (χ2v) is 4.90. The third kappa shape index (κ3) is 2.91. The van der Waals surface area contributed by atoms with E-state index in [0.717, 1.165) is 24.2 Å². The molecule has 1 aromatic carbocycles. The monoisotopic (exact) mass is 271 g/mol. The van der Waals surface area contributed by atoms with Gasteiger partial charge in [0.2, 0.25) is 5.88 Å². The van der Waals surface area contributed by atoms with Crippen molar-refractivity contribution in [1.82, 2.24) is 4.98 Å². The normalized spacial score (nSPS) is 15.7. The average molecular weight is 271 g/mol. The molecule has 0 bridgehead atoms. The summed E-state index contributed by atoms with van der Waals surface area (Å²) in [5.41, 5.74) is 1.33. The van der Waals surface area contributed by atoms with Gasteiger partial charge in [-0.25, -0.2) is 4.98 Å². The van der Waals surface area contributed by atoms with Crippen molar-refractivity contribution in [2.75, 3.05) is 7.11 Å². The molecule has 0 radical (unpaired) electrons. The molecule has 1 atom stereocenters. The van der Waals surface area contributed by atoms with Crippen molar-refractivity contribution >= 4 is 0 Å². The van der Waals surface area contributed by atoms with E-state index in [0.29, 0.717) is 17.7 Å². The van der Waals surface area contributed by atoms with Gasteiger partial charge in [-0.15, -0.1) is 0 Å². The first-order valence-electron chi connectivity index (χ1n) is 6.72. The maximum Gasteiger partial charge on any atom is 0.213 e. The first kappa shape index (κ1) is 12.9. The molecule has 1 saturated carbocycles. The summed E-state index contributed by atoms with van der Waals surface area (Å²) in [6.07, 6.45) is 1.79. The molecule has 0 saturated heterocycles. The Bertz CT molecular complexity index is 596. The summed E-state index contributed by atoms with van der Waals surface area (Å²) >= 11 is 0. The van der Waals surface area contributed by atoms with Crippen molar-refractivity contribution in [1.29, 1.82) is 0 Å². The summed E-state index contributed by atoms with van der Waals surface area (Å²) in [7, 11) is 1.56. The van der Waals surface area contributed by atoms with Gasteiger partial charge >= 0.3 is 0 Å². The number of benzene rings is 1. The Morgan fingerprint density at radius 2 is 2.00 bits per heavy atom. The van der Waals surface area contributed by atoms with Gasteiger partial charge in [-0.05, 0) is 36.6 Å². The van der Waals surface area contributed by atoms with Gasteiger partial charge in [-0.1, -0.05) is 18.2 Å². The Kier molecular flexibility index (Phi) is 3.56. The van der Waals surface area contributed by atoms with E-state index in [9.17, 15) is 5.11 Å². The summed E-state index contributed by atoms with van der Waals surface area (Å²) in [5.74, 6) is 1.29. The topological polar surface area (TPSA) is 51.6 Å². The number of nitrogens with zero attached hydrogens (tertiary/aromatic N) is 1. The molecule has 1 aromatic heterocycles. The number of hydrogen-bond donors (Lipinski definition) is 1. The van der Waals surface area contributed by atoms with Crippen LogP contribution in [0.15, 0.2) is 42.5 Å². The summed E-state index contributed by atoms with van der Waals surface area (Å²) in [6, 6.07) is 12.9. The minimum absolute atomic E-state index is 0.345. The number of pyridine rings is 1. The molecule has 0 amide bonds. The fourth-order valence-corrected chi connectivity index (χ4v) is 2.00. The number of rotatable bonds is 5. The lowest BCUT2D eigenvalue weighted by Gasteiger charge is -2.13. The smallest absolute Gasteiger partial charge is 0.213 e. The van der Waals surface area contributed by atoms with Crippen LogP contribution in [0.5, 0.6) is 11.6 Å². The third-order valence-electron chi connectivity index (χ3n) is 3.24. The average Bonchev–Trinajstić information content (AvgIpc) is 3.31. The van der Waals surface area contributed by atoms with Gasteiger partial charge in [0, 0.05) is 6.07 Å². The van der Waals surface area contributed by atoms with Gasteiger partial charge < -0.3 is 14.6 Å². The minimum atomic E-state index is -0.784. The third-order valence-corrected chi connectivity index (χ3v) is 3.24. The molecule has 0 spiro atoms. The zero-order chi connectivity index (χ0) is 13.9. The lowest BCUT2D eigenvalue weighted by atomic mass is 10.1. The molecule has 4 nitrogen and oxygen atoms in total. The number of ether oxygens (including phenoxy) is 2. The number of methoxy groups -OCH3 is 1. The van der Waals surface area contributed by atoms with Gasteiger partial charge in [0.05, 0.1) is 18.9 Å². The van der Waals surface area contributed by atoms with Crippen LogP contribution in [-0.4, -0.2) is 23.3 Å². The first-order valence-corrected chi connectivity index (χ1v) is 6.72. The Hall–Kier alpha value is -2.07. The van der Waals surface area contributed by atoms with Crippen molar-refractivity contribution in [2.24, 2.45) is 0 Å². The molecule has 1 fully saturated rings. The molecule has 0 aliphatic heterocycles. The largest absolute Gasteiger partial charge is 0.490 e. The maximum atomic E-state index is 10.4. The van der Waals surface area contributed by atoms with Crippen LogP contribution in [-0.2, 0) is 0 Å². The molecule has 2 aromatic rings. The standard InChI is InChI=1S/C16H17NO3/c1-19-15-7-3-6-14(17-15)16(18)11-4-2-5-13(10-11)20-12-8-9-12/h2-7,10,12,16,18H,8-9H2,1H3. The van der Waals surface area contributed by atoms with E-state index in [2.05, 4.69) is 4.98 Å².